The summed E-state index contributed by atoms with van der Waals surface area (Å²) >= 11 is 0. The minimum absolute atomic E-state index is 0.0250. The topological polar surface area (TPSA) is 102 Å². The van der Waals surface area contributed by atoms with Crippen LogP contribution < -0.4 is 11.5 Å². The largest absolute Gasteiger partial charge is 0.481 e. The first-order chi connectivity index (χ1) is 6.61. The van der Waals surface area contributed by atoms with Gasteiger partial charge >= 0.3 is 5.97 Å². The summed E-state index contributed by atoms with van der Waals surface area (Å²) in [5.74, 6) is -0.866. The maximum Gasteiger partial charge on any atom is 0.303 e. The van der Waals surface area contributed by atoms with E-state index in [9.17, 15) is 4.79 Å². The van der Waals surface area contributed by atoms with Gasteiger partial charge < -0.3 is 16.6 Å². The van der Waals surface area contributed by atoms with Gasteiger partial charge in [0.15, 0.2) is 0 Å². The average Bonchev–Trinajstić information content (AvgIpc) is 2.15. The molecule has 0 saturated heterocycles. The van der Waals surface area contributed by atoms with Crippen molar-refractivity contribution < 1.29 is 9.90 Å². The summed E-state index contributed by atoms with van der Waals surface area (Å²) in [6, 6.07) is 3.00. The fraction of sp³-hybridized carbons (Fsp3) is 0.333. The van der Waals surface area contributed by atoms with Gasteiger partial charge in [0.1, 0.15) is 0 Å². The summed E-state index contributed by atoms with van der Waals surface area (Å²) in [5.41, 5.74) is 12.4. The molecule has 0 aliphatic rings. The van der Waals surface area contributed by atoms with Gasteiger partial charge in [0.05, 0.1) is 11.4 Å². The summed E-state index contributed by atoms with van der Waals surface area (Å²) in [4.78, 5) is 14.3. The van der Waals surface area contributed by atoms with Crippen LogP contribution >= 0.6 is 0 Å². The normalized spacial score (nSPS) is 12.4. The molecule has 1 aromatic heterocycles. The Bertz CT molecular complexity index is 328. The van der Waals surface area contributed by atoms with Crippen LogP contribution in [0, 0.1) is 0 Å². The van der Waals surface area contributed by atoms with Gasteiger partial charge in [-0.3, -0.25) is 9.78 Å². The quantitative estimate of drug-likeness (QED) is 0.650. The Morgan fingerprint density at radius 3 is 2.93 bits per heavy atom. The molecule has 1 rings (SSSR count). The first-order valence-electron chi connectivity index (χ1n) is 4.29. The molecule has 0 saturated carbocycles. The minimum Gasteiger partial charge on any atom is -0.481 e. The molecular weight excluding hydrogens is 182 g/mol. The zero-order valence-corrected chi connectivity index (χ0v) is 7.68. The Labute approximate surface area is 81.7 Å². The molecule has 5 N–H and O–H groups in total. The highest BCUT2D eigenvalue weighted by Gasteiger charge is 2.11. The lowest BCUT2D eigenvalue weighted by Crippen LogP contribution is -2.15. The number of carboxylic acid groups (broad SMARTS) is 1. The number of nitrogen functional groups attached to an aromatic ring is 1. The van der Waals surface area contributed by atoms with Crippen molar-refractivity contribution in [3.8, 4) is 0 Å². The minimum atomic E-state index is -0.866. The van der Waals surface area contributed by atoms with Crippen molar-refractivity contribution in [3.05, 3.63) is 24.0 Å². The van der Waals surface area contributed by atoms with E-state index in [-0.39, 0.29) is 6.42 Å². The standard InChI is InChI=1S/C9H13N3O2/c10-6-2-1-5-12-9(6)7(11)3-4-8(13)14/h1-2,5,7H,3-4,10-11H2,(H,13,14)/t7-/m0/s1. The van der Waals surface area contributed by atoms with Gasteiger partial charge in [-0.2, -0.15) is 0 Å². The van der Waals surface area contributed by atoms with Crippen molar-refractivity contribution >= 4 is 11.7 Å². The van der Waals surface area contributed by atoms with Crippen molar-refractivity contribution in [3.63, 3.8) is 0 Å². The van der Waals surface area contributed by atoms with Crippen LogP contribution in [0.15, 0.2) is 18.3 Å². The molecule has 0 aromatic carbocycles. The smallest absolute Gasteiger partial charge is 0.303 e. The van der Waals surface area contributed by atoms with E-state index in [1.807, 2.05) is 0 Å². The van der Waals surface area contributed by atoms with E-state index in [0.29, 0.717) is 17.8 Å². The summed E-state index contributed by atoms with van der Waals surface area (Å²) in [5, 5.41) is 8.47. The highest BCUT2D eigenvalue weighted by molar-refractivity contribution is 5.66. The SMILES string of the molecule is Nc1cccnc1[C@@H](N)CCC(=O)O. The molecule has 1 heterocycles. The molecule has 0 unspecified atom stereocenters. The predicted molar refractivity (Wildman–Crippen MR) is 52.4 cm³/mol. The van der Waals surface area contributed by atoms with E-state index in [2.05, 4.69) is 4.98 Å². The van der Waals surface area contributed by atoms with Gasteiger partial charge in [-0.25, -0.2) is 0 Å². The van der Waals surface area contributed by atoms with Crippen LogP contribution in [0.25, 0.3) is 0 Å². The Morgan fingerprint density at radius 1 is 1.64 bits per heavy atom. The van der Waals surface area contributed by atoms with Crippen LogP contribution in [0.3, 0.4) is 0 Å². The number of hydrogen-bond donors (Lipinski definition) is 3. The maximum atomic E-state index is 10.3. The first kappa shape index (κ1) is 10.5. The molecule has 0 spiro atoms. The predicted octanol–water partition coefficient (Wildman–Crippen LogP) is 0.528. The molecule has 1 aromatic rings. The Balaban J connectivity index is 2.65. The van der Waals surface area contributed by atoms with Gasteiger partial charge in [0.2, 0.25) is 0 Å². The molecule has 76 valence electrons. The van der Waals surface area contributed by atoms with Crippen LogP contribution in [0.1, 0.15) is 24.6 Å². The number of carbonyl (C=O) groups is 1. The molecule has 14 heavy (non-hydrogen) atoms. The lowest BCUT2D eigenvalue weighted by molar-refractivity contribution is -0.137. The third-order valence-electron chi connectivity index (χ3n) is 1.89. The number of rotatable bonds is 4. The first-order valence-corrected chi connectivity index (χ1v) is 4.29. The summed E-state index contributed by atoms with van der Waals surface area (Å²) in [7, 11) is 0. The molecule has 0 bridgehead atoms. The van der Waals surface area contributed by atoms with Crippen LogP contribution in [-0.2, 0) is 4.79 Å². The lowest BCUT2D eigenvalue weighted by Gasteiger charge is -2.11. The number of nitrogens with two attached hydrogens (primary N) is 2. The number of aliphatic carboxylic acids is 1. The fourth-order valence-electron chi connectivity index (χ4n) is 1.16. The average molecular weight is 195 g/mol. The van der Waals surface area contributed by atoms with E-state index in [1.165, 1.54) is 0 Å². The second-order valence-corrected chi connectivity index (χ2v) is 3.02. The Hall–Kier alpha value is -1.62. The molecular formula is C9H13N3O2. The van der Waals surface area contributed by atoms with Crippen molar-refractivity contribution in [2.75, 3.05) is 5.73 Å². The van der Waals surface area contributed by atoms with Crippen LogP contribution in [0.4, 0.5) is 5.69 Å². The number of anilines is 1. The number of aromatic nitrogens is 1. The lowest BCUT2D eigenvalue weighted by atomic mass is 10.1. The van der Waals surface area contributed by atoms with Crippen LogP contribution in [-0.4, -0.2) is 16.1 Å². The van der Waals surface area contributed by atoms with Crippen molar-refractivity contribution in [1.29, 1.82) is 0 Å². The van der Waals surface area contributed by atoms with Crippen molar-refractivity contribution in [2.45, 2.75) is 18.9 Å². The van der Waals surface area contributed by atoms with E-state index in [0.717, 1.165) is 0 Å². The second kappa shape index (κ2) is 4.57. The van der Waals surface area contributed by atoms with Crippen molar-refractivity contribution in [2.24, 2.45) is 5.73 Å². The zero-order chi connectivity index (χ0) is 10.6. The third-order valence-corrected chi connectivity index (χ3v) is 1.89. The van der Waals surface area contributed by atoms with E-state index < -0.39 is 12.0 Å². The molecule has 0 aliphatic carbocycles. The second-order valence-electron chi connectivity index (χ2n) is 3.02. The Kier molecular flexibility index (Phi) is 3.41. The Morgan fingerprint density at radius 2 is 2.36 bits per heavy atom. The third kappa shape index (κ3) is 2.70. The molecule has 0 fully saturated rings. The summed E-state index contributed by atoms with van der Waals surface area (Å²) in [6.45, 7) is 0. The number of pyridine rings is 1. The zero-order valence-electron chi connectivity index (χ0n) is 7.68. The van der Waals surface area contributed by atoms with E-state index >= 15 is 0 Å². The van der Waals surface area contributed by atoms with Crippen LogP contribution in [0.5, 0.6) is 0 Å². The molecule has 0 amide bonds. The molecule has 0 radical (unpaired) electrons. The van der Waals surface area contributed by atoms with E-state index in [1.54, 1.807) is 18.3 Å². The molecule has 5 heteroatoms. The monoisotopic (exact) mass is 195 g/mol. The highest BCUT2D eigenvalue weighted by Crippen LogP contribution is 2.18. The summed E-state index contributed by atoms with van der Waals surface area (Å²) in [6.07, 6.45) is 1.96. The van der Waals surface area contributed by atoms with Crippen molar-refractivity contribution in [1.82, 2.24) is 4.98 Å². The van der Waals surface area contributed by atoms with Gasteiger partial charge in [-0.15, -0.1) is 0 Å². The van der Waals surface area contributed by atoms with E-state index in [4.69, 9.17) is 16.6 Å². The van der Waals surface area contributed by atoms with Gasteiger partial charge in [-0.1, -0.05) is 0 Å². The number of hydrogen-bond acceptors (Lipinski definition) is 4. The molecule has 5 nitrogen and oxygen atoms in total. The van der Waals surface area contributed by atoms with Gasteiger partial charge in [-0.05, 0) is 18.6 Å². The highest BCUT2D eigenvalue weighted by atomic mass is 16.4. The molecule has 0 aliphatic heterocycles. The van der Waals surface area contributed by atoms with Gasteiger partial charge in [0.25, 0.3) is 0 Å². The van der Waals surface area contributed by atoms with Gasteiger partial charge in [0, 0.05) is 18.7 Å². The summed E-state index contributed by atoms with van der Waals surface area (Å²) < 4.78 is 0. The number of nitrogens with zero attached hydrogens (tertiary/aromatic N) is 1. The number of carboxylic acids is 1. The fourth-order valence-corrected chi connectivity index (χ4v) is 1.16. The van der Waals surface area contributed by atoms with Crippen LogP contribution in [0.2, 0.25) is 0 Å². The maximum absolute atomic E-state index is 10.3. The molecule has 1 atom stereocenters.